The van der Waals surface area contributed by atoms with Gasteiger partial charge in [0.1, 0.15) is 5.75 Å². The van der Waals surface area contributed by atoms with Gasteiger partial charge in [-0.25, -0.2) is 0 Å². The van der Waals surface area contributed by atoms with Crippen LogP contribution in [-0.4, -0.2) is 34.0 Å². The number of carbonyl (C=O) groups is 1. The topological polar surface area (TPSA) is 77.4 Å². The molecule has 0 spiro atoms. The predicted molar refractivity (Wildman–Crippen MR) is 116 cm³/mol. The number of hydrogen-bond donors (Lipinski definition) is 0. The molecule has 1 aliphatic rings. The van der Waals surface area contributed by atoms with E-state index in [0.29, 0.717) is 41.2 Å². The summed E-state index contributed by atoms with van der Waals surface area (Å²) in [5.41, 5.74) is 2.70. The van der Waals surface area contributed by atoms with Crippen LogP contribution in [0, 0.1) is 0 Å². The summed E-state index contributed by atoms with van der Waals surface area (Å²) >= 11 is 1.38. The van der Waals surface area contributed by atoms with Gasteiger partial charge in [-0.2, -0.15) is 4.98 Å². The van der Waals surface area contributed by atoms with Crippen molar-refractivity contribution in [1.29, 1.82) is 0 Å². The van der Waals surface area contributed by atoms with E-state index in [9.17, 15) is 4.79 Å². The van der Waals surface area contributed by atoms with Crippen LogP contribution in [0.3, 0.4) is 0 Å². The lowest BCUT2D eigenvalue weighted by Crippen LogP contribution is -2.37. The lowest BCUT2D eigenvalue weighted by molar-refractivity contribution is -0.120. The van der Waals surface area contributed by atoms with Crippen LogP contribution in [0.25, 0.3) is 11.3 Å². The number of aromatic nitrogens is 3. The lowest BCUT2D eigenvalue weighted by Gasteiger charge is -2.31. The maximum Gasteiger partial charge on any atom is 0.247 e. The minimum atomic E-state index is -0.756. The monoisotopic (exact) mass is 422 g/mol. The van der Waals surface area contributed by atoms with Gasteiger partial charge in [-0.05, 0) is 31.4 Å². The third-order valence-corrected chi connectivity index (χ3v) is 5.29. The molecule has 2 aromatic carbocycles. The number of anilines is 1. The van der Waals surface area contributed by atoms with Crippen molar-refractivity contribution < 1.29 is 14.3 Å². The van der Waals surface area contributed by atoms with E-state index < -0.39 is 6.23 Å². The Morgan fingerprint density at radius 3 is 2.67 bits per heavy atom. The number of ether oxygens (including phenoxy) is 2. The summed E-state index contributed by atoms with van der Waals surface area (Å²) in [6.07, 6.45) is 1.44. The number of amides is 1. The molecule has 8 heteroatoms. The van der Waals surface area contributed by atoms with Crippen molar-refractivity contribution >= 4 is 23.4 Å². The van der Waals surface area contributed by atoms with E-state index in [2.05, 4.69) is 15.2 Å². The first-order chi connectivity index (χ1) is 14.7. The molecule has 4 rings (SSSR count). The molecule has 1 atom stereocenters. The summed E-state index contributed by atoms with van der Waals surface area (Å²) in [4.78, 5) is 19.4. The Morgan fingerprint density at radius 2 is 1.90 bits per heavy atom. The largest absolute Gasteiger partial charge is 0.493 e. The maximum atomic E-state index is 13.2. The molecule has 2 heterocycles. The van der Waals surface area contributed by atoms with E-state index in [1.165, 1.54) is 11.8 Å². The zero-order chi connectivity index (χ0) is 21.1. The fourth-order valence-corrected chi connectivity index (χ4v) is 3.71. The Morgan fingerprint density at radius 1 is 1.13 bits per heavy atom. The normalized spacial score (nSPS) is 14.9. The maximum absolute atomic E-state index is 13.2. The van der Waals surface area contributed by atoms with Gasteiger partial charge in [-0.15, -0.1) is 10.2 Å². The van der Waals surface area contributed by atoms with E-state index in [0.717, 1.165) is 11.1 Å². The quantitative estimate of drug-likeness (QED) is 0.561. The Labute approximate surface area is 179 Å². The van der Waals surface area contributed by atoms with Crippen LogP contribution in [-0.2, 0) is 4.79 Å². The van der Waals surface area contributed by atoms with Crippen molar-refractivity contribution in [2.24, 2.45) is 0 Å². The van der Waals surface area contributed by atoms with Crippen LogP contribution in [0.2, 0.25) is 0 Å². The average molecular weight is 423 g/mol. The number of thioether (sulfide) groups is 1. The second-order valence-electron chi connectivity index (χ2n) is 6.53. The first-order valence-electron chi connectivity index (χ1n) is 9.76. The van der Waals surface area contributed by atoms with Crippen LogP contribution >= 0.6 is 11.8 Å². The number of benzene rings is 2. The SMILES string of the molecule is CCOc1ccccc1C1Oc2nc(SC)nnc2-c2ccccc2N1C(=O)CC. The Hall–Kier alpha value is -3.13. The molecule has 0 saturated carbocycles. The zero-order valence-corrected chi connectivity index (χ0v) is 17.8. The number of hydrogen-bond acceptors (Lipinski definition) is 7. The Kier molecular flexibility index (Phi) is 5.85. The molecule has 7 nitrogen and oxygen atoms in total. The summed E-state index contributed by atoms with van der Waals surface area (Å²) < 4.78 is 12.2. The molecule has 0 bridgehead atoms. The number of rotatable bonds is 5. The molecule has 0 N–H and O–H groups in total. The van der Waals surface area contributed by atoms with Crippen molar-refractivity contribution in [3.8, 4) is 22.9 Å². The van der Waals surface area contributed by atoms with Crippen LogP contribution in [0.5, 0.6) is 11.6 Å². The molecule has 1 amide bonds. The number of nitrogens with zero attached hydrogens (tertiary/aromatic N) is 4. The first-order valence-corrected chi connectivity index (χ1v) is 11.0. The molecular formula is C22H22N4O3S. The summed E-state index contributed by atoms with van der Waals surface area (Å²) in [6, 6.07) is 15.2. The van der Waals surface area contributed by atoms with Gasteiger partial charge in [-0.3, -0.25) is 9.69 Å². The van der Waals surface area contributed by atoms with E-state index in [4.69, 9.17) is 9.47 Å². The van der Waals surface area contributed by atoms with Gasteiger partial charge in [0.25, 0.3) is 0 Å². The van der Waals surface area contributed by atoms with Gasteiger partial charge >= 0.3 is 0 Å². The van der Waals surface area contributed by atoms with Gasteiger partial charge in [0.15, 0.2) is 5.69 Å². The summed E-state index contributed by atoms with van der Waals surface area (Å²) in [5.74, 6) is 0.918. The molecule has 154 valence electrons. The van der Waals surface area contributed by atoms with Crippen molar-refractivity contribution in [2.75, 3.05) is 17.8 Å². The molecular weight excluding hydrogens is 400 g/mol. The highest BCUT2D eigenvalue weighted by Crippen LogP contribution is 2.44. The van der Waals surface area contributed by atoms with Crippen molar-refractivity contribution in [3.63, 3.8) is 0 Å². The lowest BCUT2D eigenvalue weighted by atomic mass is 10.1. The fraction of sp³-hybridized carbons (Fsp3) is 0.273. The van der Waals surface area contributed by atoms with Crippen LogP contribution in [0.15, 0.2) is 53.7 Å². The molecule has 1 aromatic heterocycles. The van der Waals surface area contributed by atoms with Crippen LogP contribution in [0.1, 0.15) is 32.1 Å². The number of carbonyl (C=O) groups excluding carboxylic acids is 1. The highest BCUT2D eigenvalue weighted by atomic mass is 32.2. The third-order valence-electron chi connectivity index (χ3n) is 4.75. The summed E-state index contributed by atoms with van der Waals surface area (Å²) in [7, 11) is 0. The predicted octanol–water partition coefficient (Wildman–Crippen LogP) is 4.49. The van der Waals surface area contributed by atoms with Crippen LogP contribution < -0.4 is 14.4 Å². The van der Waals surface area contributed by atoms with Gasteiger partial charge in [-0.1, -0.05) is 49.0 Å². The van der Waals surface area contributed by atoms with Crippen molar-refractivity contribution in [2.45, 2.75) is 31.7 Å². The Balaban J connectivity index is 1.98. The van der Waals surface area contributed by atoms with E-state index in [1.54, 1.807) is 4.90 Å². The number of fused-ring (bicyclic) bond motifs is 3. The average Bonchev–Trinajstić information content (AvgIpc) is 2.93. The van der Waals surface area contributed by atoms with Gasteiger partial charge in [0, 0.05) is 12.0 Å². The standard InChI is InChI=1S/C22H22N4O3S/c1-4-18(27)26-16-12-8-6-10-14(16)19-20(23-22(30-3)25-24-19)29-21(26)15-11-7-9-13-17(15)28-5-2/h6-13,21H,4-5H2,1-3H3. The smallest absolute Gasteiger partial charge is 0.247 e. The first kappa shape index (κ1) is 20.2. The second kappa shape index (κ2) is 8.71. The molecule has 0 radical (unpaired) electrons. The third kappa shape index (κ3) is 3.59. The molecule has 1 unspecified atom stereocenters. The van der Waals surface area contributed by atoms with E-state index in [1.807, 2.05) is 68.6 Å². The molecule has 3 aromatic rings. The Bertz CT molecular complexity index is 1080. The molecule has 0 saturated heterocycles. The van der Waals surface area contributed by atoms with Crippen molar-refractivity contribution in [3.05, 3.63) is 54.1 Å². The summed E-state index contributed by atoms with van der Waals surface area (Å²) in [6.45, 7) is 4.25. The minimum absolute atomic E-state index is 0.0791. The molecule has 0 aliphatic carbocycles. The molecule has 0 fully saturated rings. The molecule has 1 aliphatic heterocycles. The van der Waals surface area contributed by atoms with Gasteiger partial charge < -0.3 is 9.47 Å². The highest BCUT2D eigenvalue weighted by Gasteiger charge is 2.36. The number of para-hydroxylation sites is 2. The van der Waals surface area contributed by atoms with E-state index in [-0.39, 0.29) is 5.91 Å². The summed E-state index contributed by atoms with van der Waals surface area (Å²) in [5, 5.41) is 9.05. The zero-order valence-electron chi connectivity index (χ0n) is 17.0. The van der Waals surface area contributed by atoms with E-state index >= 15 is 0 Å². The minimum Gasteiger partial charge on any atom is -0.493 e. The van der Waals surface area contributed by atoms with Crippen molar-refractivity contribution in [1.82, 2.24) is 15.2 Å². The van der Waals surface area contributed by atoms with Gasteiger partial charge in [0.05, 0.1) is 17.9 Å². The fourth-order valence-electron chi connectivity index (χ4n) is 3.41. The van der Waals surface area contributed by atoms with Gasteiger partial charge in [0.2, 0.25) is 23.2 Å². The second-order valence-corrected chi connectivity index (χ2v) is 7.30. The van der Waals surface area contributed by atoms with Crippen LogP contribution in [0.4, 0.5) is 5.69 Å². The highest BCUT2D eigenvalue weighted by molar-refractivity contribution is 7.98. The molecule has 30 heavy (non-hydrogen) atoms.